The Hall–Kier alpha value is -1.80. The fourth-order valence-electron chi connectivity index (χ4n) is 3.59. The lowest BCUT2D eigenvalue weighted by molar-refractivity contribution is -1.02. The largest absolute Gasteiger partial charge is 0.351 e. The molecule has 0 aliphatic carbocycles. The van der Waals surface area contributed by atoms with Crippen LogP contribution in [0, 0.1) is 0 Å². The Morgan fingerprint density at radius 1 is 1.07 bits per heavy atom. The summed E-state index contributed by atoms with van der Waals surface area (Å²) in [6.07, 6.45) is 0.929. The van der Waals surface area contributed by atoms with E-state index in [9.17, 15) is 4.79 Å². The molecule has 27 heavy (non-hydrogen) atoms. The Morgan fingerprint density at radius 3 is 2.67 bits per heavy atom. The fourth-order valence-corrected chi connectivity index (χ4v) is 5.34. The number of carbonyl (C=O) groups excluding carboxylic acids is 1. The Bertz CT molecular complexity index is 836. The zero-order chi connectivity index (χ0) is 18.5. The minimum absolute atomic E-state index is 0.177. The van der Waals surface area contributed by atoms with Crippen LogP contribution in [0.3, 0.4) is 0 Å². The number of aromatic nitrogens is 1. The van der Waals surface area contributed by atoms with E-state index in [2.05, 4.69) is 41.0 Å². The second kappa shape index (κ2) is 8.93. The number of nitrogens with one attached hydrogen (secondary N) is 3. The molecule has 5 nitrogen and oxygen atoms in total. The Kier molecular flexibility index (Phi) is 6.14. The molecule has 0 unspecified atom stereocenters. The number of hydrogen-bond acceptors (Lipinski definition) is 4. The number of hydrogen-bond donors (Lipinski definition) is 3. The molecule has 2 aromatic heterocycles. The van der Waals surface area contributed by atoms with Gasteiger partial charge in [0.1, 0.15) is 37.7 Å². The minimum atomic E-state index is 0.177. The molecule has 3 heterocycles. The number of thiophene rings is 1. The molecule has 3 aromatic rings. The van der Waals surface area contributed by atoms with Crippen molar-refractivity contribution >= 4 is 38.8 Å². The number of amides is 1. The number of fused-ring (bicyclic) bond motifs is 1. The monoisotopic (exact) mass is 402 g/mol. The molecule has 1 aliphatic heterocycles. The van der Waals surface area contributed by atoms with E-state index >= 15 is 0 Å². The van der Waals surface area contributed by atoms with Crippen LogP contribution in [0.2, 0.25) is 0 Å². The lowest BCUT2D eigenvalue weighted by Gasteiger charge is -2.28. The van der Waals surface area contributed by atoms with Crippen LogP contribution < -0.4 is 15.1 Å². The highest BCUT2D eigenvalue weighted by atomic mass is 32.1. The number of para-hydroxylation sites is 1. The molecule has 0 atom stereocenters. The summed E-state index contributed by atoms with van der Waals surface area (Å²) in [6, 6.07) is 12.5. The number of piperazine rings is 1. The Labute approximate surface area is 167 Å². The number of quaternary nitrogens is 2. The van der Waals surface area contributed by atoms with Gasteiger partial charge in [-0.05, 0) is 30.0 Å². The van der Waals surface area contributed by atoms with E-state index in [0.29, 0.717) is 6.54 Å². The van der Waals surface area contributed by atoms with Crippen LogP contribution in [-0.4, -0.2) is 50.2 Å². The first-order valence-electron chi connectivity index (χ1n) is 9.57. The van der Waals surface area contributed by atoms with Gasteiger partial charge in [-0.15, -0.1) is 22.7 Å². The molecule has 3 N–H and O–H groups in total. The van der Waals surface area contributed by atoms with Gasteiger partial charge in [0.2, 0.25) is 0 Å². The number of rotatable bonds is 7. The summed E-state index contributed by atoms with van der Waals surface area (Å²) in [6.45, 7) is 6.65. The second-order valence-corrected chi connectivity index (χ2v) is 9.26. The molecule has 1 aliphatic rings. The first kappa shape index (κ1) is 18.6. The molecule has 0 radical (unpaired) electrons. The molecule has 0 spiro atoms. The van der Waals surface area contributed by atoms with Gasteiger partial charge >= 0.3 is 0 Å². The SMILES string of the molecule is O=C(C[NH+]1CC[NH+](Cc2nc3ccccc3s2)CC1)NCCc1cccs1. The lowest BCUT2D eigenvalue weighted by atomic mass is 10.3. The van der Waals surface area contributed by atoms with Crippen LogP contribution >= 0.6 is 22.7 Å². The van der Waals surface area contributed by atoms with Gasteiger partial charge in [0.25, 0.3) is 5.91 Å². The predicted octanol–water partition coefficient (Wildman–Crippen LogP) is 0.000100. The maximum Gasteiger partial charge on any atom is 0.275 e. The van der Waals surface area contributed by atoms with Crippen molar-refractivity contribution in [3.05, 3.63) is 51.7 Å². The zero-order valence-corrected chi connectivity index (χ0v) is 17.0. The lowest BCUT2D eigenvalue weighted by Crippen LogP contribution is -3.28. The summed E-state index contributed by atoms with van der Waals surface area (Å²) >= 11 is 3.56. The molecule has 4 rings (SSSR count). The van der Waals surface area contributed by atoms with Crippen LogP contribution in [0.5, 0.6) is 0 Å². The van der Waals surface area contributed by atoms with E-state index < -0.39 is 0 Å². The van der Waals surface area contributed by atoms with Crippen LogP contribution in [0.1, 0.15) is 9.88 Å². The molecular formula is C20H26N4OS2+2. The maximum absolute atomic E-state index is 12.2. The first-order valence-corrected chi connectivity index (χ1v) is 11.3. The highest BCUT2D eigenvalue weighted by Crippen LogP contribution is 2.20. The number of carbonyl (C=O) groups is 1. The van der Waals surface area contributed by atoms with Gasteiger partial charge in [-0.1, -0.05) is 18.2 Å². The Balaban J connectivity index is 1.17. The summed E-state index contributed by atoms with van der Waals surface area (Å²) < 4.78 is 1.27. The standard InChI is InChI=1S/C20H24N4OS2/c25-19(21-8-7-16-4-3-13-26-16)14-23-9-11-24(12-10-23)15-20-22-17-5-1-2-6-18(17)27-20/h1-6,13H,7-12,14-15H2,(H,21,25)/p+2. The summed E-state index contributed by atoms with van der Waals surface area (Å²) in [5.74, 6) is 0.177. The smallest absolute Gasteiger partial charge is 0.275 e. The number of nitrogens with zero attached hydrogens (tertiary/aromatic N) is 1. The van der Waals surface area contributed by atoms with Crippen molar-refractivity contribution in [3.63, 3.8) is 0 Å². The van der Waals surface area contributed by atoms with Crippen LogP contribution in [0.4, 0.5) is 0 Å². The van der Waals surface area contributed by atoms with E-state index in [4.69, 9.17) is 4.98 Å². The summed E-state index contributed by atoms with van der Waals surface area (Å²) in [7, 11) is 0. The van der Waals surface area contributed by atoms with Crippen LogP contribution in [-0.2, 0) is 17.8 Å². The minimum Gasteiger partial charge on any atom is -0.351 e. The summed E-state index contributed by atoms with van der Waals surface area (Å²) in [5.41, 5.74) is 1.11. The van der Waals surface area contributed by atoms with Crippen LogP contribution in [0.25, 0.3) is 10.2 Å². The molecule has 1 aromatic carbocycles. The van der Waals surface area contributed by atoms with Crippen molar-refractivity contribution in [3.8, 4) is 0 Å². The van der Waals surface area contributed by atoms with Crippen molar-refractivity contribution in [2.45, 2.75) is 13.0 Å². The molecule has 1 saturated heterocycles. The third-order valence-electron chi connectivity index (χ3n) is 5.09. The van der Waals surface area contributed by atoms with Crippen molar-refractivity contribution in [1.29, 1.82) is 0 Å². The highest BCUT2D eigenvalue weighted by molar-refractivity contribution is 7.18. The predicted molar refractivity (Wildman–Crippen MR) is 111 cm³/mol. The third-order valence-corrected chi connectivity index (χ3v) is 7.06. The van der Waals surface area contributed by atoms with E-state index in [1.165, 1.54) is 19.5 Å². The third kappa shape index (κ3) is 5.13. The molecule has 142 valence electrons. The molecular weight excluding hydrogens is 376 g/mol. The van der Waals surface area contributed by atoms with E-state index in [1.807, 2.05) is 17.4 Å². The second-order valence-electron chi connectivity index (χ2n) is 7.11. The van der Waals surface area contributed by atoms with Gasteiger partial charge in [-0.3, -0.25) is 4.79 Å². The molecule has 0 saturated carbocycles. The molecule has 0 bridgehead atoms. The van der Waals surface area contributed by atoms with E-state index in [1.54, 1.807) is 16.2 Å². The van der Waals surface area contributed by atoms with Crippen molar-refractivity contribution < 1.29 is 14.6 Å². The maximum atomic E-state index is 12.2. The molecule has 1 fully saturated rings. The van der Waals surface area contributed by atoms with Crippen molar-refractivity contribution in [1.82, 2.24) is 10.3 Å². The highest BCUT2D eigenvalue weighted by Gasteiger charge is 2.25. The van der Waals surface area contributed by atoms with Gasteiger partial charge in [-0.2, -0.15) is 0 Å². The molecule has 1 amide bonds. The van der Waals surface area contributed by atoms with Crippen molar-refractivity contribution in [2.24, 2.45) is 0 Å². The van der Waals surface area contributed by atoms with E-state index in [0.717, 1.165) is 51.2 Å². The topological polar surface area (TPSA) is 50.9 Å². The van der Waals surface area contributed by atoms with Gasteiger partial charge in [0.05, 0.1) is 10.2 Å². The van der Waals surface area contributed by atoms with Gasteiger partial charge in [0, 0.05) is 11.4 Å². The zero-order valence-electron chi connectivity index (χ0n) is 15.4. The Morgan fingerprint density at radius 2 is 1.89 bits per heavy atom. The summed E-state index contributed by atoms with van der Waals surface area (Å²) in [4.78, 5) is 21.2. The van der Waals surface area contributed by atoms with Gasteiger partial charge < -0.3 is 15.1 Å². The van der Waals surface area contributed by atoms with Crippen LogP contribution in [0.15, 0.2) is 41.8 Å². The fraction of sp³-hybridized carbons (Fsp3) is 0.400. The van der Waals surface area contributed by atoms with Crippen molar-refractivity contribution in [2.75, 3.05) is 39.3 Å². The quantitative estimate of drug-likeness (QED) is 0.521. The average Bonchev–Trinajstić information content (AvgIpc) is 3.32. The molecule has 7 heteroatoms. The first-order chi connectivity index (χ1) is 13.3. The van der Waals surface area contributed by atoms with E-state index in [-0.39, 0.29) is 5.91 Å². The van der Waals surface area contributed by atoms with Gasteiger partial charge in [0.15, 0.2) is 6.54 Å². The van der Waals surface area contributed by atoms with Gasteiger partial charge in [-0.25, -0.2) is 4.98 Å². The number of benzene rings is 1. The normalized spacial score (nSPS) is 20.0. The number of thiazole rings is 1. The summed E-state index contributed by atoms with van der Waals surface area (Å²) in [5, 5.41) is 6.37. The average molecular weight is 403 g/mol.